The fraction of sp³-hybridized carbons (Fsp3) is 0.300. The predicted molar refractivity (Wildman–Crippen MR) is 66.3 cm³/mol. The number of likely N-dealkylation sites (N-methyl/N-ethyl adjacent to an activating group) is 1. The number of anilines is 1. The van der Waals surface area contributed by atoms with Crippen LogP contribution in [0.25, 0.3) is 0 Å². The van der Waals surface area contributed by atoms with Gasteiger partial charge in [-0.1, -0.05) is 34.5 Å². The highest BCUT2D eigenvalue weighted by atomic mass is 79.9. The van der Waals surface area contributed by atoms with Gasteiger partial charge in [0.2, 0.25) is 5.91 Å². The van der Waals surface area contributed by atoms with Gasteiger partial charge in [0.15, 0.2) is 0 Å². The van der Waals surface area contributed by atoms with E-state index in [4.69, 9.17) is 11.6 Å². The van der Waals surface area contributed by atoms with E-state index < -0.39 is 0 Å². The fourth-order valence-electron chi connectivity index (χ4n) is 1.02. The third-order valence-electron chi connectivity index (χ3n) is 1.74. The van der Waals surface area contributed by atoms with Crippen LogP contribution in [0.15, 0.2) is 22.7 Å². The Morgan fingerprint density at radius 3 is 2.87 bits per heavy atom. The summed E-state index contributed by atoms with van der Waals surface area (Å²) in [5.41, 5.74) is 0.628. The van der Waals surface area contributed by atoms with Crippen LogP contribution in [0.3, 0.4) is 0 Å². The second-order valence-corrected chi connectivity index (χ2v) is 4.28. The number of amides is 1. The van der Waals surface area contributed by atoms with E-state index in [1.54, 1.807) is 12.1 Å². The normalized spacial score (nSPS) is 10.1. The van der Waals surface area contributed by atoms with Crippen molar-refractivity contribution in [3.63, 3.8) is 0 Å². The minimum atomic E-state index is -0.0962. The van der Waals surface area contributed by atoms with E-state index in [9.17, 15) is 4.79 Å². The first-order chi connectivity index (χ1) is 7.13. The maximum Gasteiger partial charge on any atom is 0.238 e. The number of carbonyl (C=O) groups excluding carboxylic acids is 1. The number of halogens is 2. The maximum atomic E-state index is 11.4. The SMILES string of the molecule is CCNCC(=O)Nc1ccc(Br)cc1Cl. The molecule has 0 aromatic heterocycles. The molecule has 3 nitrogen and oxygen atoms in total. The number of nitrogens with one attached hydrogen (secondary N) is 2. The number of hydrogen-bond acceptors (Lipinski definition) is 2. The van der Waals surface area contributed by atoms with Gasteiger partial charge in [0.25, 0.3) is 0 Å². The summed E-state index contributed by atoms with van der Waals surface area (Å²) < 4.78 is 0.886. The predicted octanol–water partition coefficient (Wildman–Crippen LogP) is 2.65. The Morgan fingerprint density at radius 1 is 1.53 bits per heavy atom. The lowest BCUT2D eigenvalue weighted by Crippen LogP contribution is -2.27. The average molecular weight is 292 g/mol. The summed E-state index contributed by atoms with van der Waals surface area (Å²) in [5.74, 6) is -0.0962. The third kappa shape index (κ3) is 4.20. The van der Waals surface area contributed by atoms with Crippen LogP contribution in [-0.2, 0) is 4.79 Å². The highest BCUT2D eigenvalue weighted by Crippen LogP contribution is 2.25. The van der Waals surface area contributed by atoms with Crippen LogP contribution >= 0.6 is 27.5 Å². The summed E-state index contributed by atoms with van der Waals surface area (Å²) in [5, 5.41) is 6.18. The first kappa shape index (κ1) is 12.5. The molecule has 0 radical (unpaired) electrons. The summed E-state index contributed by atoms with van der Waals surface area (Å²) in [6, 6.07) is 5.33. The molecule has 0 aliphatic rings. The molecule has 0 saturated heterocycles. The lowest BCUT2D eigenvalue weighted by atomic mass is 10.3. The van der Waals surface area contributed by atoms with Gasteiger partial charge in [-0.25, -0.2) is 0 Å². The molecule has 15 heavy (non-hydrogen) atoms. The fourth-order valence-corrected chi connectivity index (χ4v) is 1.74. The van der Waals surface area contributed by atoms with Gasteiger partial charge in [0.05, 0.1) is 17.3 Å². The Bertz CT molecular complexity index is 357. The minimum absolute atomic E-state index is 0.0962. The van der Waals surface area contributed by atoms with Crippen molar-refractivity contribution in [3.05, 3.63) is 27.7 Å². The molecule has 0 saturated carbocycles. The number of rotatable bonds is 4. The van der Waals surface area contributed by atoms with E-state index in [0.29, 0.717) is 17.3 Å². The van der Waals surface area contributed by atoms with Crippen molar-refractivity contribution < 1.29 is 4.79 Å². The zero-order valence-electron chi connectivity index (χ0n) is 8.31. The quantitative estimate of drug-likeness (QED) is 0.895. The molecular weight excluding hydrogens is 279 g/mol. The van der Waals surface area contributed by atoms with Crippen LogP contribution in [-0.4, -0.2) is 19.0 Å². The molecule has 1 aromatic carbocycles. The smallest absolute Gasteiger partial charge is 0.238 e. The zero-order chi connectivity index (χ0) is 11.3. The molecule has 0 aliphatic carbocycles. The van der Waals surface area contributed by atoms with Gasteiger partial charge >= 0.3 is 0 Å². The summed E-state index contributed by atoms with van der Waals surface area (Å²) >= 11 is 9.24. The molecule has 2 N–H and O–H groups in total. The first-order valence-corrected chi connectivity index (χ1v) is 5.76. The van der Waals surface area contributed by atoms with Gasteiger partial charge in [-0.3, -0.25) is 4.79 Å². The van der Waals surface area contributed by atoms with Crippen LogP contribution in [0.2, 0.25) is 5.02 Å². The molecule has 1 amide bonds. The molecule has 0 fully saturated rings. The van der Waals surface area contributed by atoms with Crippen LogP contribution in [0.1, 0.15) is 6.92 Å². The van der Waals surface area contributed by atoms with E-state index in [1.165, 1.54) is 0 Å². The topological polar surface area (TPSA) is 41.1 Å². The average Bonchev–Trinajstić information content (AvgIpc) is 2.19. The molecule has 5 heteroatoms. The molecule has 0 heterocycles. The van der Waals surface area contributed by atoms with Gasteiger partial charge in [-0.15, -0.1) is 0 Å². The van der Waals surface area contributed by atoms with Crippen molar-refractivity contribution in [2.75, 3.05) is 18.4 Å². The van der Waals surface area contributed by atoms with E-state index in [-0.39, 0.29) is 5.91 Å². The third-order valence-corrected chi connectivity index (χ3v) is 2.55. The summed E-state index contributed by atoms with van der Waals surface area (Å²) in [4.78, 5) is 11.4. The Morgan fingerprint density at radius 2 is 2.27 bits per heavy atom. The lowest BCUT2D eigenvalue weighted by Gasteiger charge is -2.07. The Hall–Kier alpha value is -0.580. The number of benzene rings is 1. The minimum Gasteiger partial charge on any atom is -0.324 e. The van der Waals surface area contributed by atoms with Crippen molar-refractivity contribution in [1.29, 1.82) is 0 Å². The number of hydrogen-bond donors (Lipinski definition) is 2. The largest absolute Gasteiger partial charge is 0.324 e. The Labute approximate surface area is 102 Å². The second kappa shape index (κ2) is 6.10. The molecular formula is C10H12BrClN2O. The molecule has 0 unspecified atom stereocenters. The molecule has 1 rings (SSSR count). The summed E-state index contributed by atoms with van der Waals surface area (Å²) in [6.07, 6.45) is 0. The van der Waals surface area contributed by atoms with Crippen molar-refractivity contribution >= 4 is 39.1 Å². The molecule has 0 bridgehead atoms. The maximum absolute atomic E-state index is 11.4. The van der Waals surface area contributed by atoms with Crippen molar-refractivity contribution in [3.8, 4) is 0 Å². The molecule has 0 atom stereocenters. The van der Waals surface area contributed by atoms with E-state index in [2.05, 4.69) is 26.6 Å². The molecule has 1 aromatic rings. The van der Waals surface area contributed by atoms with E-state index in [0.717, 1.165) is 11.0 Å². The van der Waals surface area contributed by atoms with Crippen LogP contribution < -0.4 is 10.6 Å². The Balaban J connectivity index is 2.60. The van der Waals surface area contributed by atoms with E-state index >= 15 is 0 Å². The van der Waals surface area contributed by atoms with Gasteiger partial charge in [0.1, 0.15) is 0 Å². The monoisotopic (exact) mass is 290 g/mol. The van der Waals surface area contributed by atoms with Crippen molar-refractivity contribution in [2.45, 2.75) is 6.92 Å². The Kier molecular flexibility index (Phi) is 5.08. The highest BCUT2D eigenvalue weighted by Gasteiger charge is 2.04. The second-order valence-electron chi connectivity index (χ2n) is 2.95. The van der Waals surface area contributed by atoms with E-state index in [1.807, 2.05) is 13.0 Å². The summed E-state index contributed by atoms with van der Waals surface area (Å²) in [6.45, 7) is 3.00. The standard InChI is InChI=1S/C10H12BrClN2O/c1-2-13-6-10(15)14-9-4-3-7(11)5-8(9)12/h3-5,13H,2,6H2,1H3,(H,14,15). The van der Waals surface area contributed by atoms with Crippen LogP contribution in [0.4, 0.5) is 5.69 Å². The first-order valence-electron chi connectivity index (χ1n) is 4.59. The zero-order valence-corrected chi connectivity index (χ0v) is 10.7. The molecule has 0 aliphatic heterocycles. The van der Waals surface area contributed by atoms with Crippen molar-refractivity contribution in [2.24, 2.45) is 0 Å². The lowest BCUT2D eigenvalue weighted by molar-refractivity contribution is -0.115. The summed E-state index contributed by atoms with van der Waals surface area (Å²) in [7, 11) is 0. The molecule has 0 spiro atoms. The van der Waals surface area contributed by atoms with Crippen molar-refractivity contribution in [1.82, 2.24) is 5.32 Å². The van der Waals surface area contributed by atoms with Gasteiger partial charge in [-0.05, 0) is 24.7 Å². The molecule has 82 valence electrons. The highest BCUT2D eigenvalue weighted by molar-refractivity contribution is 9.10. The van der Waals surface area contributed by atoms with Crippen LogP contribution in [0.5, 0.6) is 0 Å². The number of carbonyl (C=O) groups is 1. The van der Waals surface area contributed by atoms with Gasteiger partial charge < -0.3 is 10.6 Å². The van der Waals surface area contributed by atoms with Gasteiger partial charge in [-0.2, -0.15) is 0 Å². The van der Waals surface area contributed by atoms with Crippen LogP contribution in [0, 0.1) is 0 Å². The van der Waals surface area contributed by atoms with Gasteiger partial charge in [0, 0.05) is 4.47 Å².